The van der Waals surface area contributed by atoms with Gasteiger partial charge in [-0.1, -0.05) is 28.1 Å². The van der Waals surface area contributed by atoms with E-state index in [0.717, 1.165) is 10.0 Å². The average molecular weight is 537 g/mol. The Kier molecular flexibility index (Phi) is 5.98. The number of fused-ring (bicyclic) bond motifs is 3. The van der Waals surface area contributed by atoms with Crippen molar-refractivity contribution in [2.24, 2.45) is 0 Å². The van der Waals surface area contributed by atoms with Gasteiger partial charge in [-0.2, -0.15) is 0 Å². The van der Waals surface area contributed by atoms with Gasteiger partial charge in [0.05, 0.1) is 33.3 Å². The molecule has 2 aliphatic rings. The third kappa shape index (κ3) is 4.04. The van der Waals surface area contributed by atoms with Crippen LogP contribution in [0.1, 0.15) is 39.4 Å². The molecule has 5 rings (SSSR count). The Morgan fingerprint density at radius 3 is 2.37 bits per heavy atom. The van der Waals surface area contributed by atoms with Crippen LogP contribution in [0.15, 0.2) is 58.8 Å². The van der Waals surface area contributed by atoms with E-state index < -0.39 is 0 Å². The number of Topliss-reactive ketones (excluding diaryl/α,β-unsaturated/α-hetero) is 1. The summed E-state index contributed by atoms with van der Waals surface area (Å²) in [4.78, 5) is 25.7. The summed E-state index contributed by atoms with van der Waals surface area (Å²) in [6.45, 7) is 0. The van der Waals surface area contributed by atoms with Gasteiger partial charge in [0.1, 0.15) is 17.2 Å². The van der Waals surface area contributed by atoms with Gasteiger partial charge in [-0.15, -0.1) is 0 Å². The maximum atomic E-state index is 13.3. The standard InChI is InChI=1S/C27H21BrO7/c1-31-20-13-22(33-3)21(32-2)10-15(20)11-23-26(30)17-7-8-19-25(27(17)35-23)18(12-24(29)34-19)14-5-4-6-16(28)9-14/h4-11,13,18H,12H2,1-3H3. The summed E-state index contributed by atoms with van der Waals surface area (Å²) in [5, 5.41) is 0. The Morgan fingerprint density at radius 1 is 0.914 bits per heavy atom. The van der Waals surface area contributed by atoms with Gasteiger partial charge in [0.15, 0.2) is 17.3 Å². The molecule has 0 bridgehead atoms. The minimum absolute atomic E-state index is 0.129. The number of methoxy groups -OCH3 is 3. The van der Waals surface area contributed by atoms with Crippen molar-refractivity contribution in [3.8, 4) is 28.7 Å². The predicted molar refractivity (Wildman–Crippen MR) is 132 cm³/mol. The number of carbonyl (C=O) groups is 2. The molecular weight excluding hydrogens is 516 g/mol. The van der Waals surface area contributed by atoms with E-state index in [9.17, 15) is 9.59 Å². The van der Waals surface area contributed by atoms with Gasteiger partial charge in [-0.25, -0.2) is 0 Å². The molecule has 0 spiro atoms. The first-order chi connectivity index (χ1) is 16.9. The van der Waals surface area contributed by atoms with E-state index in [1.165, 1.54) is 21.3 Å². The molecule has 8 heteroatoms. The Balaban J connectivity index is 1.61. The fourth-order valence-electron chi connectivity index (χ4n) is 4.42. The fraction of sp³-hybridized carbons (Fsp3) is 0.185. The lowest BCUT2D eigenvalue weighted by Gasteiger charge is -2.26. The molecule has 0 fully saturated rings. The summed E-state index contributed by atoms with van der Waals surface area (Å²) in [6.07, 6.45) is 1.75. The minimum atomic E-state index is -0.336. The molecule has 0 aliphatic carbocycles. The molecule has 0 saturated carbocycles. The van der Waals surface area contributed by atoms with Crippen LogP contribution in [0.4, 0.5) is 0 Å². The first kappa shape index (κ1) is 23.0. The third-order valence-corrected chi connectivity index (χ3v) is 6.55. The zero-order chi connectivity index (χ0) is 24.7. The van der Waals surface area contributed by atoms with E-state index in [1.54, 1.807) is 30.3 Å². The Labute approximate surface area is 210 Å². The van der Waals surface area contributed by atoms with Crippen LogP contribution in [0.3, 0.4) is 0 Å². The molecule has 2 heterocycles. The highest BCUT2D eigenvalue weighted by molar-refractivity contribution is 9.10. The van der Waals surface area contributed by atoms with E-state index in [4.69, 9.17) is 23.7 Å². The number of ether oxygens (including phenoxy) is 5. The quantitative estimate of drug-likeness (QED) is 0.241. The van der Waals surface area contributed by atoms with E-state index in [2.05, 4.69) is 15.9 Å². The van der Waals surface area contributed by atoms with Gasteiger partial charge in [0.25, 0.3) is 0 Å². The highest BCUT2D eigenvalue weighted by atomic mass is 79.9. The first-order valence-corrected chi connectivity index (χ1v) is 11.6. The number of esters is 1. The van der Waals surface area contributed by atoms with Crippen molar-refractivity contribution in [3.63, 3.8) is 0 Å². The van der Waals surface area contributed by atoms with Crippen molar-refractivity contribution >= 4 is 33.8 Å². The van der Waals surface area contributed by atoms with Crippen molar-refractivity contribution < 1.29 is 33.3 Å². The van der Waals surface area contributed by atoms with Crippen LogP contribution >= 0.6 is 15.9 Å². The fourth-order valence-corrected chi connectivity index (χ4v) is 4.84. The lowest BCUT2D eigenvalue weighted by atomic mass is 9.85. The van der Waals surface area contributed by atoms with Crippen molar-refractivity contribution in [1.82, 2.24) is 0 Å². The number of halogens is 1. The summed E-state index contributed by atoms with van der Waals surface area (Å²) in [5.74, 6) is 1.47. The first-order valence-electron chi connectivity index (χ1n) is 10.8. The Bertz CT molecular complexity index is 1390. The number of hydrogen-bond acceptors (Lipinski definition) is 7. The summed E-state index contributed by atoms with van der Waals surface area (Å²) >= 11 is 3.50. The molecule has 3 aromatic carbocycles. The summed E-state index contributed by atoms with van der Waals surface area (Å²) in [7, 11) is 4.60. The maximum Gasteiger partial charge on any atom is 0.312 e. The number of rotatable bonds is 5. The van der Waals surface area contributed by atoms with Crippen molar-refractivity contribution in [1.29, 1.82) is 0 Å². The van der Waals surface area contributed by atoms with Gasteiger partial charge in [0.2, 0.25) is 5.78 Å². The third-order valence-electron chi connectivity index (χ3n) is 6.05. The van der Waals surface area contributed by atoms with Crippen LogP contribution in [-0.2, 0) is 4.79 Å². The Hall–Kier alpha value is -3.78. The van der Waals surface area contributed by atoms with Crippen LogP contribution in [0, 0.1) is 0 Å². The normalized spacial score (nSPS) is 17.4. The zero-order valence-corrected chi connectivity index (χ0v) is 20.8. The second-order valence-corrected chi connectivity index (χ2v) is 8.94. The second-order valence-electron chi connectivity index (χ2n) is 8.03. The smallest absolute Gasteiger partial charge is 0.312 e. The molecular formula is C27H21BrO7. The molecule has 0 radical (unpaired) electrons. The lowest BCUT2D eigenvalue weighted by molar-refractivity contribution is -0.135. The minimum Gasteiger partial charge on any atom is -0.496 e. The van der Waals surface area contributed by atoms with Gasteiger partial charge in [-0.05, 0) is 42.0 Å². The van der Waals surface area contributed by atoms with Gasteiger partial charge in [-0.3, -0.25) is 9.59 Å². The summed E-state index contributed by atoms with van der Waals surface area (Å²) in [5.41, 5.74) is 2.59. The molecule has 0 amide bonds. The van der Waals surface area contributed by atoms with E-state index >= 15 is 0 Å². The topological polar surface area (TPSA) is 80.3 Å². The summed E-state index contributed by atoms with van der Waals surface area (Å²) in [6, 6.07) is 14.4. The number of benzene rings is 3. The predicted octanol–water partition coefficient (Wildman–Crippen LogP) is 5.53. The molecule has 178 valence electrons. The number of ketones is 1. The number of allylic oxidation sites excluding steroid dienone is 1. The van der Waals surface area contributed by atoms with E-state index in [-0.39, 0.29) is 29.9 Å². The molecule has 0 N–H and O–H groups in total. The average Bonchev–Trinajstić information content (AvgIpc) is 3.18. The largest absolute Gasteiger partial charge is 0.496 e. The maximum absolute atomic E-state index is 13.3. The van der Waals surface area contributed by atoms with Gasteiger partial charge in [0, 0.05) is 27.6 Å². The molecule has 2 aliphatic heterocycles. The molecule has 0 aromatic heterocycles. The molecule has 1 unspecified atom stereocenters. The van der Waals surface area contributed by atoms with Crippen LogP contribution in [-0.4, -0.2) is 33.1 Å². The van der Waals surface area contributed by atoms with Gasteiger partial charge < -0.3 is 23.7 Å². The molecule has 3 aromatic rings. The van der Waals surface area contributed by atoms with Crippen LogP contribution < -0.4 is 23.7 Å². The van der Waals surface area contributed by atoms with E-state index in [1.807, 2.05) is 24.3 Å². The highest BCUT2D eigenvalue weighted by Crippen LogP contribution is 2.49. The Morgan fingerprint density at radius 2 is 1.66 bits per heavy atom. The van der Waals surface area contributed by atoms with Crippen LogP contribution in [0.2, 0.25) is 0 Å². The lowest BCUT2D eigenvalue weighted by Crippen LogP contribution is -2.21. The summed E-state index contributed by atoms with van der Waals surface area (Å²) < 4.78 is 28.8. The molecule has 7 nitrogen and oxygen atoms in total. The van der Waals surface area contributed by atoms with Gasteiger partial charge >= 0.3 is 5.97 Å². The monoisotopic (exact) mass is 536 g/mol. The van der Waals surface area contributed by atoms with Crippen LogP contribution in [0.25, 0.3) is 6.08 Å². The van der Waals surface area contributed by atoms with Crippen molar-refractivity contribution in [2.45, 2.75) is 12.3 Å². The number of hydrogen-bond donors (Lipinski definition) is 0. The second kappa shape index (κ2) is 9.11. The number of carbonyl (C=O) groups excluding carboxylic acids is 2. The SMILES string of the molecule is COc1cc(OC)c(OC)cc1C=C1Oc2c(ccc3c2C(c2cccc(Br)c2)CC(=O)O3)C1=O. The van der Waals surface area contributed by atoms with Crippen molar-refractivity contribution in [2.75, 3.05) is 21.3 Å². The zero-order valence-electron chi connectivity index (χ0n) is 19.2. The molecule has 0 saturated heterocycles. The highest BCUT2D eigenvalue weighted by Gasteiger charge is 2.38. The van der Waals surface area contributed by atoms with Crippen molar-refractivity contribution in [3.05, 3.63) is 81.0 Å². The van der Waals surface area contributed by atoms with E-state index in [0.29, 0.717) is 45.4 Å². The molecule has 35 heavy (non-hydrogen) atoms. The molecule has 1 atom stereocenters. The van der Waals surface area contributed by atoms with Crippen LogP contribution in [0.5, 0.6) is 28.7 Å².